The summed E-state index contributed by atoms with van der Waals surface area (Å²) in [4.78, 5) is 37.1. The van der Waals surface area contributed by atoms with Crippen molar-refractivity contribution in [3.8, 4) is 6.07 Å². The number of rotatable bonds is 6. The van der Waals surface area contributed by atoms with Gasteiger partial charge < -0.3 is 10.1 Å². The molecule has 6 heteroatoms. The van der Waals surface area contributed by atoms with Crippen LogP contribution in [0.2, 0.25) is 0 Å². The second-order valence-corrected chi connectivity index (χ2v) is 6.47. The lowest BCUT2D eigenvalue weighted by Gasteiger charge is -2.14. The number of hydrogen-bond acceptors (Lipinski definition) is 5. The molecule has 3 aromatic rings. The highest BCUT2D eigenvalue weighted by molar-refractivity contribution is 6.09. The first kappa shape index (κ1) is 20.5. The molecule has 0 radical (unpaired) electrons. The summed E-state index contributed by atoms with van der Waals surface area (Å²) in [5.41, 5.74) is 1.86. The van der Waals surface area contributed by atoms with Crippen LogP contribution in [-0.4, -0.2) is 23.8 Å². The molecule has 148 valence electrons. The zero-order valence-electron chi connectivity index (χ0n) is 16.2. The highest BCUT2D eigenvalue weighted by atomic mass is 16.5. The Balaban J connectivity index is 1.63. The van der Waals surface area contributed by atoms with Crippen molar-refractivity contribution in [2.45, 2.75) is 13.0 Å². The predicted molar refractivity (Wildman–Crippen MR) is 111 cm³/mol. The van der Waals surface area contributed by atoms with Crippen molar-refractivity contribution in [3.05, 3.63) is 101 Å². The minimum absolute atomic E-state index is 0.153. The van der Waals surface area contributed by atoms with Gasteiger partial charge in [-0.3, -0.25) is 9.59 Å². The maximum Gasteiger partial charge on any atom is 0.338 e. The van der Waals surface area contributed by atoms with Crippen molar-refractivity contribution < 1.29 is 19.1 Å². The highest BCUT2D eigenvalue weighted by Crippen LogP contribution is 2.15. The van der Waals surface area contributed by atoms with Crippen LogP contribution in [0.4, 0.5) is 5.69 Å². The van der Waals surface area contributed by atoms with E-state index in [2.05, 4.69) is 5.32 Å². The maximum absolute atomic E-state index is 12.4. The highest BCUT2D eigenvalue weighted by Gasteiger charge is 2.20. The van der Waals surface area contributed by atoms with Gasteiger partial charge in [-0.15, -0.1) is 0 Å². The Hall–Kier alpha value is -4.24. The van der Waals surface area contributed by atoms with E-state index in [4.69, 9.17) is 10.00 Å². The van der Waals surface area contributed by atoms with Gasteiger partial charge in [-0.1, -0.05) is 54.6 Å². The molecule has 30 heavy (non-hydrogen) atoms. The van der Waals surface area contributed by atoms with Crippen LogP contribution in [0.25, 0.3) is 0 Å². The maximum atomic E-state index is 12.4. The average molecular weight is 398 g/mol. The molecule has 0 heterocycles. The molecule has 0 aromatic heterocycles. The van der Waals surface area contributed by atoms with Crippen LogP contribution in [0.15, 0.2) is 78.9 Å². The van der Waals surface area contributed by atoms with E-state index in [-0.39, 0.29) is 11.3 Å². The van der Waals surface area contributed by atoms with Gasteiger partial charge in [0.1, 0.15) is 6.07 Å². The Morgan fingerprint density at radius 2 is 1.40 bits per heavy atom. The first-order chi connectivity index (χ1) is 14.5. The normalized spacial score (nSPS) is 11.1. The average Bonchev–Trinajstić information content (AvgIpc) is 2.79. The molecule has 0 aliphatic rings. The molecule has 0 saturated carbocycles. The number of nitrogens with zero attached hydrogens (tertiary/aromatic N) is 1. The number of para-hydroxylation sites is 1. The van der Waals surface area contributed by atoms with E-state index in [9.17, 15) is 14.4 Å². The zero-order chi connectivity index (χ0) is 21.5. The third-order valence-electron chi connectivity index (χ3n) is 4.38. The second kappa shape index (κ2) is 9.30. The fourth-order valence-corrected chi connectivity index (χ4v) is 2.72. The first-order valence-corrected chi connectivity index (χ1v) is 9.20. The molecule has 0 saturated heterocycles. The number of anilines is 1. The lowest BCUT2D eigenvalue weighted by molar-refractivity contribution is -0.123. The number of carbonyl (C=O) groups excluding carboxylic acids is 3. The molecule has 6 nitrogen and oxygen atoms in total. The van der Waals surface area contributed by atoms with Crippen molar-refractivity contribution in [2.75, 3.05) is 5.32 Å². The van der Waals surface area contributed by atoms with Crippen LogP contribution in [0.5, 0.6) is 0 Å². The zero-order valence-corrected chi connectivity index (χ0v) is 16.2. The lowest BCUT2D eigenvalue weighted by atomic mass is 10.0. The van der Waals surface area contributed by atoms with Crippen LogP contribution in [-0.2, 0) is 9.53 Å². The topological polar surface area (TPSA) is 96.3 Å². The Labute approximate surface area is 173 Å². The number of amides is 1. The molecule has 0 aliphatic heterocycles. The molecule has 3 rings (SSSR count). The summed E-state index contributed by atoms with van der Waals surface area (Å²) >= 11 is 0. The van der Waals surface area contributed by atoms with Gasteiger partial charge in [0, 0.05) is 11.1 Å². The summed E-state index contributed by atoms with van der Waals surface area (Å²) in [6, 6.07) is 23.4. The van der Waals surface area contributed by atoms with Gasteiger partial charge in [-0.25, -0.2) is 4.79 Å². The van der Waals surface area contributed by atoms with E-state index < -0.39 is 18.0 Å². The number of ether oxygens (including phenoxy) is 1. The summed E-state index contributed by atoms with van der Waals surface area (Å²) in [6.45, 7) is 1.44. The Morgan fingerprint density at radius 3 is 2.07 bits per heavy atom. The first-order valence-electron chi connectivity index (χ1n) is 9.20. The number of nitrogens with one attached hydrogen (secondary N) is 1. The van der Waals surface area contributed by atoms with Gasteiger partial charge in [-0.2, -0.15) is 5.26 Å². The summed E-state index contributed by atoms with van der Waals surface area (Å²) in [5, 5.41) is 11.7. The van der Waals surface area contributed by atoms with Crippen molar-refractivity contribution in [1.82, 2.24) is 0 Å². The van der Waals surface area contributed by atoms with E-state index in [1.54, 1.807) is 60.7 Å². The molecule has 3 aromatic carbocycles. The molecule has 1 N–H and O–H groups in total. The number of esters is 1. The largest absolute Gasteiger partial charge is 0.449 e. The fourth-order valence-electron chi connectivity index (χ4n) is 2.72. The van der Waals surface area contributed by atoms with Crippen LogP contribution in [0.1, 0.15) is 38.8 Å². The van der Waals surface area contributed by atoms with E-state index >= 15 is 0 Å². The van der Waals surface area contributed by atoms with E-state index in [0.717, 1.165) is 0 Å². The minimum Gasteiger partial charge on any atom is -0.449 e. The number of hydrogen-bond donors (Lipinski definition) is 1. The summed E-state index contributed by atoms with van der Waals surface area (Å²) < 4.78 is 5.21. The third kappa shape index (κ3) is 4.78. The minimum atomic E-state index is -1.07. The molecule has 0 fully saturated rings. The van der Waals surface area contributed by atoms with Crippen molar-refractivity contribution in [1.29, 1.82) is 5.26 Å². The van der Waals surface area contributed by atoms with Gasteiger partial charge in [0.25, 0.3) is 5.91 Å². The van der Waals surface area contributed by atoms with Crippen LogP contribution < -0.4 is 5.32 Å². The molecular weight excluding hydrogens is 380 g/mol. The molecule has 0 bridgehead atoms. The van der Waals surface area contributed by atoms with E-state index in [1.807, 2.05) is 12.1 Å². The van der Waals surface area contributed by atoms with Gasteiger partial charge >= 0.3 is 5.97 Å². The number of carbonyl (C=O) groups is 3. The van der Waals surface area contributed by atoms with Gasteiger partial charge in [0.15, 0.2) is 11.9 Å². The van der Waals surface area contributed by atoms with Crippen LogP contribution in [0.3, 0.4) is 0 Å². The number of ketones is 1. The van der Waals surface area contributed by atoms with E-state index in [0.29, 0.717) is 22.4 Å². The van der Waals surface area contributed by atoms with E-state index in [1.165, 1.54) is 19.1 Å². The number of benzene rings is 3. The van der Waals surface area contributed by atoms with Gasteiger partial charge in [0.2, 0.25) is 0 Å². The molecule has 1 amide bonds. The molecule has 0 aliphatic carbocycles. The van der Waals surface area contributed by atoms with Crippen molar-refractivity contribution in [3.63, 3.8) is 0 Å². The SMILES string of the molecule is C[C@@H](OC(=O)c1ccc(C(=O)c2ccccc2)cc1)C(=O)Nc1ccccc1C#N. The van der Waals surface area contributed by atoms with Crippen molar-refractivity contribution in [2.24, 2.45) is 0 Å². The fraction of sp³-hybridized carbons (Fsp3) is 0.0833. The third-order valence-corrected chi connectivity index (χ3v) is 4.38. The Bertz CT molecular complexity index is 1120. The standard InChI is InChI=1S/C24H18N2O4/c1-16(23(28)26-21-10-6-5-9-20(21)15-25)30-24(29)19-13-11-18(12-14-19)22(27)17-7-3-2-4-8-17/h2-14,16H,1H3,(H,26,28)/t16-/m1/s1. The Morgan fingerprint density at radius 1 is 0.833 bits per heavy atom. The summed E-state index contributed by atoms with van der Waals surface area (Å²) in [7, 11) is 0. The molecule has 0 unspecified atom stereocenters. The second-order valence-electron chi connectivity index (χ2n) is 6.47. The molecular formula is C24H18N2O4. The smallest absolute Gasteiger partial charge is 0.338 e. The predicted octanol–water partition coefficient (Wildman–Crippen LogP) is 3.97. The quantitative estimate of drug-likeness (QED) is 0.501. The lowest BCUT2D eigenvalue weighted by Crippen LogP contribution is -2.30. The van der Waals surface area contributed by atoms with Crippen LogP contribution >= 0.6 is 0 Å². The van der Waals surface area contributed by atoms with Gasteiger partial charge in [-0.05, 0) is 31.2 Å². The van der Waals surface area contributed by atoms with Crippen molar-refractivity contribution >= 4 is 23.3 Å². The van der Waals surface area contributed by atoms with Crippen LogP contribution in [0, 0.1) is 11.3 Å². The Kier molecular flexibility index (Phi) is 6.36. The van der Waals surface area contributed by atoms with Gasteiger partial charge in [0.05, 0.1) is 16.8 Å². The number of nitriles is 1. The molecule has 0 spiro atoms. The molecule has 1 atom stereocenters. The monoisotopic (exact) mass is 398 g/mol. The summed E-state index contributed by atoms with van der Waals surface area (Å²) in [5.74, 6) is -1.40. The summed E-state index contributed by atoms with van der Waals surface area (Å²) in [6.07, 6.45) is -1.07.